The Kier molecular flexibility index (Phi) is 6.36. The summed E-state index contributed by atoms with van der Waals surface area (Å²) in [6, 6.07) is 7.39. The highest BCUT2D eigenvalue weighted by Gasteiger charge is 2.12. The Labute approximate surface area is 119 Å². The van der Waals surface area contributed by atoms with Gasteiger partial charge in [0, 0.05) is 25.3 Å². The van der Waals surface area contributed by atoms with Gasteiger partial charge >= 0.3 is 0 Å². The fourth-order valence-corrected chi connectivity index (χ4v) is 2.45. The third-order valence-corrected chi connectivity index (χ3v) is 3.77. The van der Waals surface area contributed by atoms with Gasteiger partial charge in [-0.15, -0.1) is 0 Å². The van der Waals surface area contributed by atoms with Crippen molar-refractivity contribution in [3.05, 3.63) is 29.3 Å². The number of nitrogens with one attached hydrogen (secondary N) is 1. The van der Waals surface area contributed by atoms with Crippen LogP contribution in [0.1, 0.15) is 45.2 Å². The summed E-state index contributed by atoms with van der Waals surface area (Å²) < 4.78 is 0. The molecule has 1 unspecified atom stereocenters. The first kappa shape index (κ1) is 16.0. The van der Waals surface area contributed by atoms with Crippen molar-refractivity contribution in [3.63, 3.8) is 0 Å². The molecule has 0 aliphatic rings. The lowest BCUT2D eigenvalue weighted by Crippen LogP contribution is -2.30. The van der Waals surface area contributed by atoms with E-state index in [9.17, 15) is 0 Å². The molecule has 1 aromatic carbocycles. The van der Waals surface area contributed by atoms with Gasteiger partial charge in [0.25, 0.3) is 0 Å². The van der Waals surface area contributed by atoms with Crippen LogP contribution < -0.4 is 10.2 Å². The number of anilines is 1. The van der Waals surface area contributed by atoms with Gasteiger partial charge in [-0.05, 0) is 56.0 Å². The molecule has 0 saturated carbocycles. The number of nitrogens with zero attached hydrogens (tertiary/aromatic N) is 1. The van der Waals surface area contributed by atoms with Crippen LogP contribution in [0, 0.1) is 12.8 Å². The predicted octanol–water partition coefficient (Wildman–Crippen LogP) is 3.98. The summed E-state index contributed by atoms with van der Waals surface area (Å²) in [6.07, 6.45) is 1.23. The molecule has 108 valence electrons. The quantitative estimate of drug-likeness (QED) is 0.799. The van der Waals surface area contributed by atoms with E-state index in [-0.39, 0.29) is 0 Å². The zero-order valence-electron chi connectivity index (χ0n) is 13.5. The smallest absolute Gasteiger partial charge is 0.0368 e. The molecular formula is C17H30N2. The average molecular weight is 262 g/mol. The van der Waals surface area contributed by atoms with E-state index < -0.39 is 0 Å². The summed E-state index contributed by atoms with van der Waals surface area (Å²) in [5.74, 6) is 0.742. The van der Waals surface area contributed by atoms with E-state index in [1.54, 1.807) is 0 Å². The standard InChI is InChI=1S/C17H30N2/c1-7-18-12-16-8-9-17(11-14(16)4)19(6)15(5)10-13(2)3/h8-9,11,13,15,18H,7,10,12H2,1-6H3. The van der Waals surface area contributed by atoms with Gasteiger partial charge in [-0.3, -0.25) is 0 Å². The lowest BCUT2D eigenvalue weighted by molar-refractivity contribution is 0.504. The molecule has 0 amide bonds. The van der Waals surface area contributed by atoms with Gasteiger partial charge in [-0.25, -0.2) is 0 Å². The molecular weight excluding hydrogens is 232 g/mol. The van der Waals surface area contributed by atoms with Crippen LogP contribution in [0.25, 0.3) is 0 Å². The van der Waals surface area contributed by atoms with Gasteiger partial charge < -0.3 is 10.2 Å². The molecule has 0 aromatic heterocycles. The van der Waals surface area contributed by atoms with Crippen LogP contribution in [0.4, 0.5) is 5.69 Å². The zero-order valence-corrected chi connectivity index (χ0v) is 13.5. The van der Waals surface area contributed by atoms with Crippen LogP contribution >= 0.6 is 0 Å². The topological polar surface area (TPSA) is 15.3 Å². The van der Waals surface area contributed by atoms with Crippen LogP contribution in [0.2, 0.25) is 0 Å². The molecule has 1 atom stereocenters. The Morgan fingerprint density at radius 1 is 1.21 bits per heavy atom. The molecule has 0 aliphatic heterocycles. The Bertz CT molecular complexity index is 385. The molecule has 2 heteroatoms. The van der Waals surface area contributed by atoms with Gasteiger partial charge in [-0.1, -0.05) is 26.8 Å². The molecule has 1 aromatic rings. The highest BCUT2D eigenvalue weighted by Crippen LogP contribution is 2.22. The highest BCUT2D eigenvalue weighted by molar-refractivity contribution is 5.51. The fourth-order valence-electron chi connectivity index (χ4n) is 2.45. The normalized spacial score (nSPS) is 12.8. The van der Waals surface area contributed by atoms with Gasteiger partial charge in [0.1, 0.15) is 0 Å². The first-order valence-electron chi connectivity index (χ1n) is 7.48. The van der Waals surface area contributed by atoms with Gasteiger partial charge in [0.15, 0.2) is 0 Å². The lowest BCUT2D eigenvalue weighted by atomic mass is 10.0. The number of aryl methyl sites for hydroxylation is 1. The third-order valence-electron chi connectivity index (χ3n) is 3.77. The van der Waals surface area contributed by atoms with Crippen molar-refractivity contribution in [2.75, 3.05) is 18.5 Å². The van der Waals surface area contributed by atoms with Crippen molar-refractivity contribution in [3.8, 4) is 0 Å². The highest BCUT2D eigenvalue weighted by atomic mass is 15.1. The molecule has 1 rings (SSSR count). The Morgan fingerprint density at radius 3 is 2.42 bits per heavy atom. The van der Waals surface area contributed by atoms with E-state index in [4.69, 9.17) is 0 Å². The van der Waals surface area contributed by atoms with E-state index in [0.29, 0.717) is 6.04 Å². The second-order valence-corrected chi connectivity index (χ2v) is 5.98. The molecule has 0 spiro atoms. The molecule has 0 aliphatic carbocycles. The van der Waals surface area contributed by atoms with E-state index in [1.807, 2.05) is 0 Å². The van der Waals surface area contributed by atoms with E-state index in [2.05, 4.69) is 70.1 Å². The van der Waals surface area contributed by atoms with Gasteiger partial charge in [0.2, 0.25) is 0 Å². The van der Waals surface area contributed by atoms with Gasteiger partial charge in [0.05, 0.1) is 0 Å². The first-order valence-corrected chi connectivity index (χ1v) is 7.48. The monoisotopic (exact) mass is 262 g/mol. The summed E-state index contributed by atoms with van der Waals surface area (Å²) in [7, 11) is 2.20. The summed E-state index contributed by atoms with van der Waals surface area (Å²) in [4.78, 5) is 2.39. The number of benzene rings is 1. The molecule has 2 nitrogen and oxygen atoms in total. The molecule has 19 heavy (non-hydrogen) atoms. The lowest BCUT2D eigenvalue weighted by Gasteiger charge is -2.29. The fraction of sp³-hybridized carbons (Fsp3) is 0.647. The minimum absolute atomic E-state index is 0.582. The van der Waals surface area contributed by atoms with Crippen LogP contribution in [-0.2, 0) is 6.54 Å². The third kappa shape index (κ3) is 4.87. The van der Waals surface area contributed by atoms with E-state index in [0.717, 1.165) is 19.0 Å². The summed E-state index contributed by atoms with van der Waals surface area (Å²) in [5.41, 5.74) is 4.10. The Hall–Kier alpha value is -1.02. The van der Waals surface area contributed by atoms with E-state index in [1.165, 1.54) is 23.2 Å². The van der Waals surface area contributed by atoms with Crippen molar-refractivity contribution < 1.29 is 0 Å². The van der Waals surface area contributed by atoms with Crippen LogP contribution in [0.5, 0.6) is 0 Å². The summed E-state index contributed by atoms with van der Waals surface area (Å²) in [5, 5.41) is 3.39. The number of hydrogen-bond acceptors (Lipinski definition) is 2. The maximum Gasteiger partial charge on any atom is 0.0368 e. The molecule has 0 bridgehead atoms. The predicted molar refractivity (Wildman–Crippen MR) is 85.9 cm³/mol. The second-order valence-electron chi connectivity index (χ2n) is 5.98. The summed E-state index contributed by atoms with van der Waals surface area (Å²) >= 11 is 0. The van der Waals surface area contributed by atoms with Crippen LogP contribution in [0.3, 0.4) is 0 Å². The van der Waals surface area contributed by atoms with Crippen molar-refractivity contribution >= 4 is 5.69 Å². The molecule has 1 N–H and O–H groups in total. The van der Waals surface area contributed by atoms with Crippen molar-refractivity contribution in [1.82, 2.24) is 5.32 Å². The zero-order chi connectivity index (χ0) is 14.4. The molecule has 0 saturated heterocycles. The molecule has 0 fully saturated rings. The number of hydrogen-bond donors (Lipinski definition) is 1. The molecule has 0 heterocycles. The van der Waals surface area contributed by atoms with Crippen molar-refractivity contribution in [2.24, 2.45) is 5.92 Å². The van der Waals surface area contributed by atoms with E-state index >= 15 is 0 Å². The van der Waals surface area contributed by atoms with Crippen LogP contribution in [0.15, 0.2) is 18.2 Å². The SMILES string of the molecule is CCNCc1ccc(N(C)C(C)CC(C)C)cc1C. The minimum Gasteiger partial charge on any atom is -0.372 e. The second kappa shape index (κ2) is 7.54. The van der Waals surface area contributed by atoms with Crippen molar-refractivity contribution in [2.45, 2.75) is 53.6 Å². The first-order chi connectivity index (χ1) is 8.95. The van der Waals surface area contributed by atoms with Gasteiger partial charge in [-0.2, -0.15) is 0 Å². The Morgan fingerprint density at radius 2 is 1.89 bits per heavy atom. The van der Waals surface area contributed by atoms with Crippen molar-refractivity contribution in [1.29, 1.82) is 0 Å². The Balaban J connectivity index is 2.76. The van der Waals surface area contributed by atoms with Crippen LogP contribution in [-0.4, -0.2) is 19.6 Å². The molecule has 0 radical (unpaired) electrons. The largest absolute Gasteiger partial charge is 0.372 e. The maximum atomic E-state index is 3.39. The number of rotatable bonds is 7. The summed E-state index contributed by atoms with van der Waals surface area (Å²) in [6.45, 7) is 13.2. The minimum atomic E-state index is 0.582. The average Bonchev–Trinajstić information content (AvgIpc) is 2.35. The maximum absolute atomic E-state index is 3.39.